The predicted octanol–water partition coefficient (Wildman–Crippen LogP) is 4.67. The number of ether oxygens (including phenoxy) is 1. The number of ketones is 1. The molecule has 1 aromatic heterocycles. The van der Waals surface area contributed by atoms with Gasteiger partial charge < -0.3 is 9.64 Å². The quantitative estimate of drug-likeness (QED) is 0.425. The minimum absolute atomic E-state index is 0.0692. The van der Waals surface area contributed by atoms with Crippen molar-refractivity contribution in [1.82, 2.24) is 4.90 Å². The van der Waals surface area contributed by atoms with E-state index in [0.717, 1.165) is 5.56 Å². The van der Waals surface area contributed by atoms with E-state index in [1.54, 1.807) is 60.7 Å². The molecule has 0 amide bonds. The molecule has 0 bridgehead atoms. The number of hydrogen-bond acceptors (Lipinski definition) is 6. The lowest BCUT2D eigenvalue weighted by Gasteiger charge is -2.25. The summed E-state index contributed by atoms with van der Waals surface area (Å²) in [5, 5.41) is 20.5. The average Bonchev–Trinajstić information content (AvgIpc) is 3.28. The lowest BCUT2D eigenvalue weighted by atomic mass is 10.1. The number of Topliss-reactive ketones (excluding diaryl/α,β-unsaturated/α-hetero) is 1. The van der Waals surface area contributed by atoms with Crippen molar-refractivity contribution < 1.29 is 9.53 Å². The molecule has 0 aliphatic carbocycles. The molecule has 0 saturated carbocycles. The average molecular weight is 385 g/mol. The van der Waals surface area contributed by atoms with Gasteiger partial charge in [0.25, 0.3) is 0 Å². The van der Waals surface area contributed by atoms with E-state index in [4.69, 9.17) is 4.74 Å². The maximum atomic E-state index is 13.2. The second-order valence-corrected chi connectivity index (χ2v) is 6.61. The van der Waals surface area contributed by atoms with E-state index in [2.05, 4.69) is 0 Å². The van der Waals surface area contributed by atoms with Crippen LogP contribution in [0.25, 0.3) is 6.08 Å². The Bertz CT molecular complexity index is 1060. The number of nitriles is 2. The number of allylic oxidation sites excluding steroid dienone is 5. The number of hydrogen-bond donors (Lipinski definition) is 0. The fraction of sp³-hybridized carbons (Fsp3) is 0.0455. The molecular weight excluding hydrogens is 370 g/mol. The highest BCUT2D eigenvalue weighted by atomic mass is 32.1. The first-order valence-corrected chi connectivity index (χ1v) is 9.18. The largest absolute Gasteiger partial charge is 0.497 e. The summed E-state index contributed by atoms with van der Waals surface area (Å²) in [5.74, 6) is 0.513. The van der Waals surface area contributed by atoms with Crippen LogP contribution in [0.4, 0.5) is 0 Å². The molecule has 6 heteroatoms. The highest BCUT2D eigenvalue weighted by molar-refractivity contribution is 7.12. The molecule has 0 atom stereocenters. The van der Waals surface area contributed by atoms with Gasteiger partial charge in [-0.1, -0.05) is 24.3 Å². The summed E-state index contributed by atoms with van der Waals surface area (Å²) in [5.41, 5.74) is 1.42. The molecule has 3 rings (SSSR count). The molecule has 0 saturated heterocycles. The Kier molecular flexibility index (Phi) is 5.86. The Morgan fingerprint density at radius 3 is 2.50 bits per heavy atom. The third kappa shape index (κ3) is 3.93. The van der Waals surface area contributed by atoms with Crippen molar-refractivity contribution in [2.45, 2.75) is 0 Å². The van der Waals surface area contributed by atoms with E-state index in [-0.39, 0.29) is 11.4 Å². The van der Waals surface area contributed by atoms with Gasteiger partial charge in [-0.05, 0) is 47.4 Å². The standard InChI is InChI=1S/C22H15N3O2S/c1-27-18-9-7-16(8-10-18)13-20(22(26)21-6-4-12-28-21)25-11-3-2-5-19(25)17(14-23)15-24/h2-13H,1H3/b20-13+. The van der Waals surface area contributed by atoms with E-state index < -0.39 is 0 Å². The van der Waals surface area contributed by atoms with E-state index >= 15 is 0 Å². The predicted molar refractivity (Wildman–Crippen MR) is 108 cm³/mol. The zero-order valence-electron chi connectivity index (χ0n) is 15.0. The fourth-order valence-electron chi connectivity index (χ4n) is 2.63. The van der Waals surface area contributed by atoms with Gasteiger partial charge >= 0.3 is 0 Å². The van der Waals surface area contributed by atoms with Gasteiger partial charge in [0.2, 0.25) is 5.78 Å². The van der Waals surface area contributed by atoms with Crippen molar-refractivity contribution in [3.05, 3.63) is 93.6 Å². The molecule has 5 nitrogen and oxygen atoms in total. The summed E-state index contributed by atoms with van der Waals surface area (Å²) in [6.45, 7) is 0. The van der Waals surface area contributed by atoms with Crippen LogP contribution >= 0.6 is 11.3 Å². The zero-order valence-corrected chi connectivity index (χ0v) is 15.8. The van der Waals surface area contributed by atoms with Crippen molar-refractivity contribution in [1.29, 1.82) is 10.5 Å². The smallest absolute Gasteiger partial charge is 0.219 e. The monoisotopic (exact) mass is 385 g/mol. The van der Waals surface area contributed by atoms with Gasteiger partial charge in [0, 0.05) is 6.20 Å². The lowest BCUT2D eigenvalue weighted by Crippen LogP contribution is -2.23. The molecule has 28 heavy (non-hydrogen) atoms. The summed E-state index contributed by atoms with van der Waals surface area (Å²) >= 11 is 1.34. The molecular formula is C22H15N3O2S. The topological polar surface area (TPSA) is 77.1 Å². The minimum Gasteiger partial charge on any atom is -0.497 e. The second kappa shape index (κ2) is 8.68. The van der Waals surface area contributed by atoms with Crippen LogP contribution in [0.15, 0.2) is 83.2 Å². The number of thiophene rings is 1. The number of carbonyl (C=O) groups excluding carboxylic acids is 1. The van der Waals surface area contributed by atoms with Gasteiger partial charge in [-0.3, -0.25) is 4.79 Å². The van der Waals surface area contributed by atoms with Crippen LogP contribution in [0.2, 0.25) is 0 Å². The molecule has 0 unspecified atom stereocenters. The van der Waals surface area contributed by atoms with Gasteiger partial charge in [-0.15, -0.1) is 11.3 Å². The number of nitrogens with zero attached hydrogens (tertiary/aromatic N) is 3. The molecule has 1 aliphatic rings. The van der Waals surface area contributed by atoms with E-state index in [1.807, 2.05) is 35.7 Å². The molecule has 0 fully saturated rings. The van der Waals surface area contributed by atoms with Gasteiger partial charge in [-0.2, -0.15) is 10.5 Å². The molecule has 2 aromatic rings. The third-order valence-electron chi connectivity index (χ3n) is 4.00. The summed E-state index contributed by atoms with van der Waals surface area (Å²) < 4.78 is 5.18. The first-order chi connectivity index (χ1) is 13.7. The van der Waals surface area contributed by atoms with Crippen LogP contribution in [0.5, 0.6) is 5.75 Å². The SMILES string of the molecule is COc1ccc(/C=C(\C(=O)c2cccs2)N2C=CC=CC2=C(C#N)C#N)cc1. The number of rotatable bonds is 5. The van der Waals surface area contributed by atoms with Gasteiger partial charge in [0.05, 0.1) is 23.4 Å². The highest BCUT2D eigenvalue weighted by Crippen LogP contribution is 2.28. The summed E-state index contributed by atoms with van der Waals surface area (Å²) in [6, 6.07) is 14.6. The van der Waals surface area contributed by atoms with Crippen molar-refractivity contribution in [2.24, 2.45) is 0 Å². The van der Waals surface area contributed by atoms with Crippen molar-refractivity contribution in [3.63, 3.8) is 0 Å². The van der Waals surface area contributed by atoms with Crippen LogP contribution < -0.4 is 4.74 Å². The summed E-state index contributed by atoms with van der Waals surface area (Å²) in [7, 11) is 1.59. The minimum atomic E-state index is -0.196. The molecule has 2 heterocycles. The van der Waals surface area contributed by atoms with Gasteiger partial charge in [0.1, 0.15) is 17.9 Å². The Balaban J connectivity index is 2.14. The Labute approximate surface area is 167 Å². The summed E-state index contributed by atoms with van der Waals surface area (Å²) in [4.78, 5) is 15.4. The number of carbonyl (C=O) groups is 1. The van der Waals surface area contributed by atoms with Gasteiger partial charge in [-0.25, -0.2) is 0 Å². The van der Waals surface area contributed by atoms with Crippen molar-refractivity contribution in [2.75, 3.05) is 7.11 Å². The maximum absolute atomic E-state index is 13.2. The summed E-state index contributed by atoms with van der Waals surface area (Å²) in [6.07, 6.45) is 8.52. The Hall–Kier alpha value is -3.87. The molecule has 1 aromatic carbocycles. The van der Waals surface area contributed by atoms with Gasteiger partial charge in [0.15, 0.2) is 5.57 Å². The van der Waals surface area contributed by atoms with Crippen LogP contribution in [0.3, 0.4) is 0 Å². The van der Waals surface area contributed by atoms with E-state index in [1.165, 1.54) is 11.3 Å². The van der Waals surface area contributed by atoms with Crippen LogP contribution in [-0.4, -0.2) is 17.8 Å². The highest BCUT2D eigenvalue weighted by Gasteiger charge is 2.24. The molecule has 1 aliphatic heterocycles. The lowest BCUT2D eigenvalue weighted by molar-refractivity contribution is 0.101. The fourth-order valence-corrected chi connectivity index (χ4v) is 3.31. The zero-order chi connectivity index (χ0) is 19.9. The van der Waals surface area contributed by atoms with E-state index in [0.29, 0.717) is 22.0 Å². The molecule has 0 radical (unpaired) electrons. The normalized spacial score (nSPS) is 13.0. The second-order valence-electron chi connectivity index (χ2n) is 5.66. The number of methoxy groups -OCH3 is 1. The first-order valence-electron chi connectivity index (χ1n) is 8.30. The van der Waals surface area contributed by atoms with Crippen molar-refractivity contribution >= 4 is 23.2 Å². The molecule has 136 valence electrons. The molecule has 0 spiro atoms. The van der Waals surface area contributed by atoms with Crippen molar-refractivity contribution in [3.8, 4) is 17.9 Å². The van der Waals surface area contributed by atoms with E-state index in [9.17, 15) is 15.3 Å². The van der Waals surface area contributed by atoms with Crippen LogP contribution in [-0.2, 0) is 0 Å². The Morgan fingerprint density at radius 2 is 1.89 bits per heavy atom. The third-order valence-corrected chi connectivity index (χ3v) is 4.86. The van der Waals surface area contributed by atoms with Crippen LogP contribution in [0.1, 0.15) is 15.2 Å². The number of benzene rings is 1. The maximum Gasteiger partial charge on any atom is 0.219 e. The van der Waals surface area contributed by atoms with Crippen LogP contribution in [0, 0.1) is 22.7 Å². The first kappa shape index (κ1) is 18.9. The molecule has 0 N–H and O–H groups in total. The Morgan fingerprint density at radius 1 is 1.14 bits per heavy atom.